The first-order valence-electron chi connectivity index (χ1n) is 9.50. The van der Waals surface area contributed by atoms with Crippen molar-refractivity contribution in [1.29, 1.82) is 0 Å². The monoisotopic (exact) mass is 380 g/mol. The van der Waals surface area contributed by atoms with Gasteiger partial charge < -0.3 is 10.1 Å². The second-order valence-corrected chi connectivity index (χ2v) is 7.18. The minimum atomic E-state index is -0.135. The molecule has 0 saturated carbocycles. The van der Waals surface area contributed by atoms with Gasteiger partial charge in [-0.2, -0.15) is 10.2 Å². The Balaban J connectivity index is 1.40. The number of ether oxygens (including phenoxy) is 1. The number of amides is 1. The first kappa shape index (κ1) is 18.4. The molecule has 8 heteroatoms. The Labute approximate surface area is 163 Å². The lowest BCUT2D eigenvalue weighted by Crippen LogP contribution is -2.35. The van der Waals surface area contributed by atoms with Gasteiger partial charge in [-0.3, -0.25) is 9.89 Å². The van der Waals surface area contributed by atoms with Gasteiger partial charge in [0, 0.05) is 42.7 Å². The molecule has 4 rings (SSSR count). The second kappa shape index (κ2) is 7.93. The summed E-state index contributed by atoms with van der Waals surface area (Å²) in [6.07, 6.45) is 7.18. The van der Waals surface area contributed by atoms with Crippen molar-refractivity contribution in [3.63, 3.8) is 0 Å². The molecule has 0 spiro atoms. The van der Waals surface area contributed by atoms with Gasteiger partial charge in [0.2, 0.25) is 0 Å². The van der Waals surface area contributed by atoms with Crippen molar-refractivity contribution in [2.75, 3.05) is 13.2 Å². The van der Waals surface area contributed by atoms with Gasteiger partial charge in [-0.05, 0) is 44.9 Å². The van der Waals surface area contributed by atoms with Gasteiger partial charge in [-0.15, -0.1) is 0 Å². The summed E-state index contributed by atoms with van der Waals surface area (Å²) in [5.74, 6) is 0.781. The molecule has 3 aromatic rings. The zero-order valence-corrected chi connectivity index (χ0v) is 16.1. The van der Waals surface area contributed by atoms with Crippen LogP contribution in [0.15, 0.2) is 36.8 Å². The average Bonchev–Trinajstić information content (AvgIpc) is 3.36. The molecule has 28 heavy (non-hydrogen) atoms. The molecule has 2 atom stereocenters. The number of rotatable bonds is 5. The van der Waals surface area contributed by atoms with Crippen LogP contribution in [0.25, 0.3) is 5.82 Å². The number of H-pyrrole nitrogens is 1. The Morgan fingerprint density at radius 1 is 1.36 bits per heavy atom. The summed E-state index contributed by atoms with van der Waals surface area (Å²) >= 11 is 0. The maximum absolute atomic E-state index is 12.6. The summed E-state index contributed by atoms with van der Waals surface area (Å²) in [6.45, 7) is 5.20. The van der Waals surface area contributed by atoms with Gasteiger partial charge in [-0.1, -0.05) is 0 Å². The van der Waals surface area contributed by atoms with E-state index in [-0.39, 0.29) is 17.9 Å². The number of carbonyl (C=O) groups excluding carboxylic acids is 1. The third-order valence-electron chi connectivity index (χ3n) is 5.05. The number of carbonyl (C=O) groups is 1. The van der Waals surface area contributed by atoms with E-state index >= 15 is 0 Å². The van der Waals surface area contributed by atoms with Crippen LogP contribution in [0.5, 0.6) is 0 Å². The summed E-state index contributed by atoms with van der Waals surface area (Å²) in [6, 6.07) is 5.58. The lowest BCUT2D eigenvalue weighted by Gasteiger charge is -2.31. The fourth-order valence-electron chi connectivity index (χ4n) is 3.67. The van der Waals surface area contributed by atoms with E-state index in [4.69, 9.17) is 4.74 Å². The highest BCUT2D eigenvalue weighted by Crippen LogP contribution is 2.32. The van der Waals surface area contributed by atoms with Crippen LogP contribution >= 0.6 is 0 Å². The van der Waals surface area contributed by atoms with Crippen LogP contribution in [0, 0.1) is 19.8 Å². The van der Waals surface area contributed by atoms with Crippen LogP contribution in [-0.2, 0) is 4.74 Å². The van der Waals surface area contributed by atoms with Crippen molar-refractivity contribution in [3.05, 3.63) is 59.3 Å². The van der Waals surface area contributed by atoms with E-state index in [0.29, 0.717) is 17.9 Å². The highest BCUT2D eigenvalue weighted by atomic mass is 16.5. The van der Waals surface area contributed by atoms with E-state index in [0.717, 1.165) is 36.4 Å². The number of nitrogens with one attached hydrogen (secondary N) is 2. The van der Waals surface area contributed by atoms with Gasteiger partial charge >= 0.3 is 0 Å². The topological polar surface area (TPSA) is 97.7 Å². The maximum atomic E-state index is 12.6. The summed E-state index contributed by atoms with van der Waals surface area (Å²) in [4.78, 5) is 17.0. The Bertz CT molecular complexity index is 932. The molecule has 0 bridgehead atoms. The summed E-state index contributed by atoms with van der Waals surface area (Å²) in [5, 5.41) is 14.3. The molecule has 2 N–H and O–H groups in total. The number of aromatic amines is 1. The van der Waals surface area contributed by atoms with Gasteiger partial charge in [0.1, 0.15) is 0 Å². The molecule has 4 heterocycles. The zero-order chi connectivity index (χ0) is 19.5. The highest BCUT2D eigenvalue weighted by molar-refractivity contribution is 5.93. The molecule has 1 saturated heterocycles. The van der Waals surface area contributed by atoms with Crippen molar-refractivity contribution >= 4 is 5.91 Å². The van der Waals surface area contributed by atoms with Crippen LogP contribution in [0.4, 0.5) is 0 Å². The lowest BCUT2D eigenvalue weighted by atomic mass is 9.91. The van der Waals surface area contributed by atoms with Gasteiger partial charge in [0.25, 0.3) is 5.91 Å². The number of aryl methyl sites for hydroxylation is 2. The molecule has 1 aliphatic heterocycles. The number of aromatic nitrogens is 5. The van der Waals surface area contributed by atoms with Crippen molar-refractivity contribution in [2.24, 2.45) is 5.92 Å². The molecule has 0 radical (unpaired) electrons. The average molecular weight is 380 g/mol. The molecular formula is C20H24N6O2. The second-order valence-electron chi connectivity index (χ2n) is 7.18. The van der Waals surface area contributed by atoms with E-state index in [2.05, 4.69) is 25.6 Å². The molecule has 8 nitrogen and oxygen atoms in total. The molecule has 3 aromatic heterocycles. The number of pyridine rings is 1. The zero-order valence-electron chi connectivity index (χ0n) is 16.1. The fourth-order valence-corrected chi connectivity index (χ4v) is 3.67. The highest BCUT2D eigenvalue weighted by Gasteiger charge is 2.28. The summed E-state index contributed by atoms with van der Waals surface area (Å²) in [5.41, 5.74) is 3.49. The Kier molecular flexibility index (Phi) is 5.21. The SMILES string of the molecule is Cc1cc(C)n(-c2ccc(C(=O)NC[C@@H]3CCCO[C@H]3c3cn[nH]c3)cn2)n1. The van der Waals surface area contributed by atoms with E-state index in [1.807, 2.05) is 32.2 Å². The van der Waals surface area contributed by atoms with Gasteiger partial charge in [0.15, 0.2) is 5.82 Å². The van der Waals surface area contributed by atoms with Crippen LogP contribution in [0.1, 0.15) is 46.3 Å². The standard InChI is InChI=1S/C20H24N6O2/c1-13-8-14(2)26(25-13)18-6-5-16(10-21-18)20(27)22-9-15-4-3-7-28-19(15)17-11-23-24-12-17/h5-6,8,10-12,15,19H,3-4,7,9H2,1-2H3,(H,22,27)(H,23,24)/t15-,19+/m0/s1. The molecule has 1 amide bonds. The maximum Gasteiger partial charge on any atom is 0.252 e. The van der Waals surface area contributed by atoms with Gasteiger partial charge in [-0.25, -0.2) is 9.67 Å². The first-order valence-corrected chi connectivity index (χ1v) is 9.50. The van der Waals surface area contributed by atoms with E-state index in [1.54, 1.807) is 23.1 Å². The predicted molar refractivity (Wildman–Crippen MR) is 103 cm³/mol. The third-order valence-corrected chi connectivity index (χ3v) is 5.05. The molecule has 146 valence electrons. The largest absolute Gasteiger partial charge is 0.373 e. The molecule has 0 aliphatic carbocycles. The number of hydrogen-bond acceptors (Lipinski definition) is 5. The van der Waals surface area contributed by atoms with Crippen molar-refractivity contribution in [3.8, 4) is 5.82 Å². The Hall–Kier alpha value is -3.00. The molecular weight excluding hydrogens is 356 g/mol. The van der Waals surface area contributed by atoms with Crippen LogP contribution in [0.2, 0.25) is 0 Å². The first-order chi connectivity index (χ1) is 13.6. The minimum Gasteiger partial charge on any atom is -0.373 e. The molecule has 0 aromatic carbocycles. The molecule has 1 fully saturated rings. The van der Waals surface area contributed by atoms with E-state index < -0.39 is 0 Å². The Morgan fingerprint density at radius 2 is 2.25 bits per heavy atom. The lowest BCUT2D eigenvalue weighted by molar-refractivity contribution is -0.0272. The number of hydrogen-bond donors (Lipinski definition) is 2. The smallest absolute Gasteiger partial charge is 0.252 e. The Morgan fingerprint density at radius 3 is 2.93 bits per heavy atom. The van der Waals surface area contributed by atoms with Crippen molar-refractivity contribution in [1.82, 2.24) is 30.3 Å². The van der Waals surface area contributed by atoms with Crippen molar-refractivity contribution in [2.45, 2.75) is 32.8 Å². The quantitative estimate of drug-likeness (QED) is 0.709. The van der Waals surface area contributed by atoms with E-state index in [1.165, 1.54) is 0 Å². The summed E-state index contributed by atoms with van der Waals surface area (Å²) < 4.78 is 7.69. The molecule has 1 aliphatic rings. The van der Waals surface area contributed by atoms with Crippen molar-refractivity contribution < 1.29 is 9.53 Å². The normalized spacial score (nSPS) is 19.5. The van der Waals surface area contributed by atoms with Gasteiger partial charge in [0.05, 0.1) is 23.6 Å². The summed E-state index contributed by atoms with van der Waals surface area (Å²) in [7, 11) is 0. The fraction of sp³-hybridized carbons (Fsp3) is 0.400. The molecule has 0 unspecified atom stereocenters. The van der Waals surface area contributed by atoms with Crippen LogP contribution in [0.3, 0.4) is 0 Å². The number of nitrogens with zero attached hydrogens (tertiary/aromatic N) is 4. The van der Waals surface area contributed by atoms with E-state index in [9.17, 15) is 4.79 Å². The minimum absolute atomic E-state index is 0.0423. The third kappa shape index (κ3) is 3.82. The van der Waals surface area contributed by atoms with Crippen LogP contribution in [-0.4, -0.2) is 44.0 Å². The predicted octanol–water partition coefficient (Wildman–Crippen LogP) is 2.50. The van der Waals surface area contributed by atoms with Crippen LogP contribution < -0.4 is 5.32 Å².